The van der Waals surface area contributed by atoms with E-state index in [4.69, 9.17) is 13.9 Å². The summed E-state index contributed by atoms with van der Waals surface area (Å²) in [5.74, 6) is 0.472. The molecule has 1 saturated heterocycles. The largest absolute Gasteiger partial charge is 0.467 e. The minimum Gasteiger partial charge on any atom is -0.467 e. The molecule has 1 aliphatic heterocycles. The van der Waals surface area contributed by atoms with Gasteiger partial charge in [-0.2, -0.15) is 0 Å². The van der Waals surface area contributed by atoms with E-state index in [0.717, 1.165) is 17.9 Å². The second kappa shape index (κ2) is 8.39. The predicted octanol–water partition coefficient (Wildman–Crippen LogP) is 2.37. The molecule has 0 aliphatic carbocycles. The molecule has 6 heteroatoms. The lowest BCUT2D eigenvalue weighted by Gasteiger charge is -2.34. The van der Waals surface area contributed by atoms with E-state index in [2.05, 4.69) is 4.90 Å². The molecule has 1 aliphatic rings. The Hall–Kier alpha value is -1.73. The van der Waals surface area contributed by atoms with Crippen molar-refractivity contribution in [2.24, 2.45) is 0 Å². The number of furan rings is 1. The lowest BCUT2D eigenvalue weighted by atomic mass is 10.1. The fourth-order valence-corrected chi connectivity index (χ4v) is 2.82. The van der Waals surface area contributed by atoms with E-state index in [0.29, 0.717) is 26.3 Å². The number of hydrogen-bond acceptors (Lipinski definition) is 5. The summed E-state index contributed by atoms with van der Waals surface area (Å²) in [6.45, 7) is 3.00. The van der Waals surface area contributed by atoms with Crippen LogP contribution in [-0.4, -0.2) is 49.0 Å². The molecule has 0 bridgehead atoms. The molecule has 1 N–H and O–H groups in total. The quantitative estimate of drug-likeness (QED) is 0.842. The maximum Gasteiger partial charge on any atom is 0.129 e. The van der Waals surface area contributed by atoms with Crippen molar-refractivity contribution < 1.29 is 23.4 Å². The molecule has 24 heavy (non-hydrogen) atoms. The van der Waals surface area contributed by atoms with Gasteiger partial charge in [0.1, 0.15) is 18.2 Å². The maximum absolute atomic E-state index is 13.4. The van der Waals surface area contributed by atoms with E-state index in [1.54, 1.807) is 18.4 Å². The molecule has 1 aromatic carbocycles. The van der Waals surface area contributed by atoms with Gasteiger partial charge in [-0.15, -0.1) is 0 Å². The van der Waals surface area contributed by atoms with Crippen molar-refractivity contribution in [3.8, 4) is 0 Å². The zero-order chi connectivity index (χ0) is 16.8. The molecular formula is C18H22FNO4. The first-order valence-electron chi connectivity index (χ1n) is 8.08. The highest BCUT2D eigenvalue weighted by molar-refractivity contribution is 5.19. The molecule has 2 aromatic rings. The molecule has 0 spiro atoms. The van der Waals surface area contributed by atoms with Crippen LogP contribution in [0.15, 0.2) is 47.1 Å². The third-order valence-electron chi connectivity index (χ3n) is 3.97. The minimum absolute atomic E-state index is 0.175. The Morgan fingerprint density at radius 1 is 1.33 bits per heavy atom. The van der Waals surface area contributed by atoms with Gasteiger partial charge >= 0.3 is 0 Å². The lowest BCUT2D eigenvalue weighted by Crippen LogP contribution is -2.43. The molecule has 130 valence electrons. The van der Waals surface area contributed by atoms with Gasteiger partial charge in [0.05, 0.1) is 31.7 Å². The first-order valence-corrected chi connectivity index (χ1v) is 8.08. The fourth-order valence-electron chi connectivity index (χ4n) is 2.82. The Morgan fingerprint density at radius 3 is 3.04 bits per heavy atom. The van der Waals surface area contributed by atoms with Crippen molar-refractivity contribution in [1.82, 2.24) is 4.90 Å². The molecule has 0 amide bonds. The Labute approximate surface area is 140 Å². The fraction of sp³-hybridized carbons (Fsp3) is 0.444. The van der Waals surface area contributed by atoms with Crippen LogP contribution in [0.1, 0.15) is 17.4 Å². The highest BCUT2D eigenvalue weighted by atomic mass is 19.1. The third-order valence-corrected chi connectivity index (χ3v) is 3.97. The van der Waals surface area contributed by atoms with Gasteiger partial charge < -0.3 is 19.0 Å². The number of rotatable bonds is 7. The Morgan fingerprint density at radius 2 is 2.25 bits per heavy atom. The standard InChI is InChI=1S/C18H22FNO4/c19-15-4-1-3-14(9-15)18-11-20(6-8-24-18)10-16(21)12-22-13-17-5-2-7-23-17/h1-5,7,9,16,18,21H,6,8,10-13H2. The van der Waals surface area contributed by atoms with Gasteiger partial charge in [0, 0.05) is 19.6 Å². The van der Waals surface area contributed by atoms with Crippen molar-refractivity contribution in [2.75, 3.05) is 32.8 Å². The van der Waals surface area contributed by atoms with Crippen LogP contribution < -0.4 is 0 Å². The topological polar surface area (TPSA) is 55.1 Å². The van der Waals surface area contributed by atoms with E-state index in [9.17, 15) is 9.50 Å². The van der Waals surface area contributed by atoms with Crippen LogP contribution in [0.2, 0.25) is 0 Å². The summed E-state index contributed by atoms with van der Waals surface area (Å²) in [4.78, 5) is 2.11. The first kappa shape index (κ1) is 17.1. The molecule has 2 heterocycles. The van der Waals surface area contributed by atoms with Crippen molar-refractivity contribution in [1.29, 1.82) is 0 Å². The molecule has 5 nitrogen and oxygen atoms in total. The molecule has 2 atom stereocenters. The van der Waals surface area contributed by atoms with Gasteiger partial charge in [0.2, 0.25) is 0 Å². The van der Waals surface area contributed by atoms with E-state index in [1.807, 2.05) is 12.1 Å². The van der Waals surface area contributed by atoms with E-state index in [1.165, 1.54) is 12.1 Å². The van der Waals surface area contributed by atoms with E-state index >= 15 is 0 Å². The summed E-state index contributed by atoms with van der Waals surface area (Å²) in [6, 6.07) is 10.1. The maximum atomic E-state index is 13.4. The number of nitrogens with zero attached hydrogens (tertiary/aromatic N) is 1. The van der Waals surface area contributed by atoms with Gasteiger partial charge in [0.15, 0.2) is 0 Å². The molecule has 1 aromatic heterocycles. The minimum atomic E-state index is -0.591. The second-order valence-corrected chi connectivity index (χ2v) is 5.92. The summed E-state index contributed by atoms with van der Waals surface area (Å²) in [7, 11) is 0. The predicted molar refractivity (Wildman–Crippen MR) is 85.9 cm³/mol. The summed E-state index contributed by atoms with van der Waals surface area (Å²) in [5.41, 5.74) is 0.822. The lowest BCUT2D eigenvalue weighted by molar-refractivity contribution is -0.0545. The van der Waals surface area contributed by atoms with Crippen LogP contribution >= 0.6 is 0 Å². The molecule has 1 fully saturated rings. The Balaban J connectivity index is 1.44. The number of β-amino-alcohol motifs (C(OH)–C–C–N with tert-alkyl or cyclic N) is 1. The van der Waals surface area contributed by atoms with Crippen molar-refractivity contribution in [3.63, 3.8) is 0 Å². The number of hydrogen-bond donors (Lipinski definition) is 1. The Bertz CT molecular complexity index is 619. The van der Waals surface area contributed by atoms with Crippen LogP contribution in [-0.2, 0) is 16.1 Å². The molecular weight excluding hydrogens is 313 g/mol. The van der Waals surface area contributed by atoms with Crippen molar-refractivity contribution >= 4 is 0 Å². The van der Waals surface area contributed by atoms with Gasteiger partial charge in [-0.05, 0) is 29.8 Å². The monoisotopic (exact) mass is 335 g/mol. The van der Waals surface area contributed by atoms with Gasteiger partial charge in [-0.1, -0.05) is 12.1 Å². The van der Waals surface area contributed by atoms with Gasteiger partial charge in [-0.25, -0.2) is 4.39 Å². The highest BCUT2D eigenvalue weighted by Gasteiger charge is 2.23. The normalized spacial score (nSPS) is 20.2. The average Bonchev–Trinajstić information content (AvgIpc) is 3.08. The first-order chi connectivity index (χ1) is 11.7. The van der Waals surface area contributed by atoms with Gasteiger partial charge in [-0.3, -0.25) is 4.90 Å². The van der Waals surface area contributed by atoms with Crippen LogP contribution in [0, 0.1) is 5.82 Å². The number of halogens is 1. The van der Waals surface area contributed by atoms with Gasteiger partial charge in [0.25, 0.3) is 0 Å². The SMILES string of the molecule is OC(COCc1ccco1)CN1CCOC(c2cccc(F)c2)C1. The Kier molecular flexibility index (Phi) is 5.98. The number of benzene rings is 1. The van der Waals surface area contributed by atoms with Crippen LogP contribution in [0.3, 0.4) is 0 Å². The number of ether oxygens (including phenoxy) is 2. The summed E-state index contributed by atoms with van der Waals surface area (Å²) < 4.78 is 29.7. The van der Waals surface area contributed by atoms with Crippen molar-refractivity contribution in [3.05, 3.63) is 59.8 Å². The molecule has 0 radical (unpaired) electrons. The molecule has 2 unspecified atom stereocenters. The van der Waals surface area contributed by atoms with E-state index in [-0.39, 0.29) is 18.5 Å². The summed E-state index contributed by atoms with van der Waals surface area (Å²) in [6.07, 6.45) is 0.826. The smallest absolute Gasteiger partial charge is 0.129 e. The number of morpholine rings is 1. The zero-order valence-corrected chi connectivity index (χ0v) is 13.4. The summed E-state index contributed by atoms with van der Waals surface area (Å²) >= 11 is 0. The molecule has 0 saturated carbocycles. The van der Waals surface area contributed by atoms with E-state index < -0.39 is 6.10 Å². The third kappa shape index (κ3) is 4.88. The highest BCUT2D eigenvalue weighted by Crippen LogP contribution is 2.22. The zero-order valence-electron chi connectivity index (χ0n) is 13.4. The second-order valence-electron chi connectivity index (χ2n) is 5.92. The number of aliphatic hydroxyl groups is 1. The summed E-state index contributed by atoms with van der Waals surface area (Å²) in [5, 5.41) is 10.1. The van der Waals surface area contributed by atoms with Crippen LogP contribution in [0.25, 0.3) is 0 Å². The van der Waals surface area contributed by atoms with Crippen molar-refractivity contribution in [2.45, 2.75) is 18.8 Å². The van der Waals surface area contributed by atoms with Crippen LogP contribution in [0.4, 0.5) is 4.39 Å². The number of aliphatic hydroxyl groups excluding tert-OH is 1. The average molecular weight is 335 g/mol. The van der Waals surface area contributed by atoms with Crippen LogP contribution in [0.5, 0.6) is 0 Å². The molecule has 3 rings (SSSR count).